The molecular formula is C8H21NO6P+. The number of rotatable bonds is 8. The van der Waals surface area contributed by atoms with Crippen LogP contribution in [0.5, 0.6) is 0 Å². The van der Waals surface area contributed by atoms with Gasteiger partial charge < -0.3 is 19.6 Å². The van der Waals surface area contributed by atoms with Gasteiger partial charge in [-0.15, -0.1) is 0 Å². The molecule has 16 heavy (non-hydrogen) atoms. The third kappa shape index (κ3) is 9.23. The second-order valence-electron chi connectivity index (χ2n) is 4.45. The lowest BCUT2D eigenvalue weighted by Gasteiger charge is -2.24. The van der Waals surface area contributed by atoms with Gasteiger partial charge in [0.05, 0.1) is 34.4 Å². The van der Waals surface area contributed by atoms with Gasteiger partial charge in [-0.25, -0.2) is 4.57 Å². The maximum absolute atomic E-state index is 11.2. The van der Waals surface area contributed by atoms with Gasteiger partial charge in [0, 0.05) is 0 Å². The summed E-state index contributed by atoms with van der Waals surface area (Å²) in [6.07, 6.45) is -1.18. The number of hydrogen-bond acceptors (Lipinski definition) is 5. The number of nitrogens with zero attached hydrogens (tertiary/aromatic N) is 1. The van der Waals surface area contributed by atoms with E-state index in [9.17, 15) is 4.57 Å². The largest absolute Gasteiger partial charge is 0.472 e. The first-order chi connectivity index (χ1) is 7.16. The predicted molar refractivity (Wildman–Crippen MR) is 57.7 cm³/mol. The van der Waals surface area contributed by atoms with Gasteiger partial charge in [0.15, 0.2) is 0 Å². The summed E-state index contributed by atoms with van der Waals surface area (Å²) in [6, 6.07) is 0. The molecule has 0 aromatic heterocycles. The monoisotopic (exact) mass is 264 g/mol. The first-order valence-corrected chi connectivity index (χ1v) is 6.37. The van der Waals surface area contributed by atoms with Gasteiger partial charge in [-0.3, -0.25) is 9.05 Å². The fourth-order valence-electron chi connectivity index (χ4n) is 0.700. The van der Waals surface area contributed by atoms with Crippen LogP contribution in [0.1, 0.15) is 0 Å². The summed E-state index contributed by atoms with van der Waals surface area (Å²) < 4.78 is 21.0. The Labute approximate surface area is 95.4 Å². The summed E-state index contributed by atoms with van der Waals surface area (Å²) in [5.74, 6) is 0. The zero-order chi connectivity index (χ0) is 12.8. The molecule has 0 saturated carbocycles. The van der Waals surface area contributed by atoms with Crippen molar-refractivity contribution in [3.05, 3.63) is 0 Å². The van der Waals surface area contributed by atoms with E-state index in [0.29, 0.717) is 11.0 Å². The number of aliphatic hydroxyl groups excluding tert-OH is 2. The van der Waals surface area contributed by atoms with Crippen LogP contribution in [0.4, 0.5) is 0 Å². The summed E-state index contributed by atoms with van der Waals surface area (Å²) >= 11 is 0. The molecule has 0 rings (SSSR count). The van der Waals surface area contributed by atoms with Crippen LogP contribution in [0.25, 0.3) is 0 Å². The maximum Gasteiger partial charge on any atom is 0.472 e. The van der Waals surface area contributed by atoms with Crippen molar-refractivity contribution in [1.82, 2.24) is 0 Å². The minimum Gasteiger partial charge on any atom is -0.394 e. The van der Waals surface area contributed by atoms with Crippen LogP contribution in [0.2, 0.25) is 0 Å². The molecule has 0 aliphatic rings. The zero-order valence-corrected chi connectivity index (χ0v) is 10.8. The Morgan fingerprint density at radius 2 is 1.88 bits per heavy atom. The van der Waals surface area contributed by atoms with Crippen LogP contribution >= 0.6 is 7.82 Å². The molecule has 0 saturated heterocycles. The molecule has 0 aliphatic heterocycles. The van der Waals surface area contributed by atoms with Crippen molar-refractivity contribution < 1.29 is 33.2 Å². The van der Waals surface area contributed by atoms with E-state index in [0.717, 1.165) is 0 Å². The molecule has 7 nitrogen and oxygen atoms in total. The fraction of sp³-hybridized carbons (Fsp3) is 1.00. The fourth-order valence-corrected chi connectivity index (χ4v) is 1.45. The van der Waals surface area contributed by atoms with Gasteiger partial charge in [0.1, 0.15) is 19.3 Å². The second-order valence-corrected chi connectivity index (χ2v) is 5.90. The van der Waals surface area contributed by atoms with Crippen molar-refractivity contribution in [3.8, 4) is 0 Å². The molecule has 2 atom stereocenters. The quantitative estimate of drug-likeness (QED) is 0.391. The number of hydrogen-bond donors (Lipinski definition) is 3. The van der Waals surface area contributed by atoms with Crippen molar-refractivity contribution in [2.24, 2.45) is 0 Å². The summed E-state index contributed by atoms with van der Waals surface area (Å²) in [4.78, 5) is 9.17. The lowest BCUT2D eigenvalue weighted by Crippen LogP contribution is -2.37. The van der Waals surface area contributed by atoms with Crippen molar-refractivity contribution in [2.75, 3.05) is 47.5 Å². The molecule has 3 N–H and O–H groups in total. The zero-order valence-electron chi connectivity index (χ0n) is 9.87. The minimum atomic E-state index is -4.13. The van der Waals surface area contributed by atoms with Crippen LogP contribution in [0, 0.1) is 0 Å². The van der Waals surface area contributed by atoms with E-state index in [2.05, 4.69) is 9.05 Å². The third-order valence-corrected chi connectivity index (χ3v) is 2.64. The van der Waals surface area contributed by atoms with Crippen molar-refractivity contribution in [1.29, 1.82) is 0 Å². The maximum atomic E-state index is 11.2. The van der Waals surface area contributed by atoms with Gasteiger partial charge in [-0.1, -0.05) is 0 Å². The Balaban J connectivity index is 3.83. The smallest absolute Gasteiger partial charge is 0.394 e. The molecule has 0 aromatic carbocycles. The molecule has 0 spiro atoms. The topological polar surface area (TPSA) is 96.2 Å². The predicted octanol–water partition coefficient (Wildman–Crippen LogP) is -0.821. The molecule has 8 heteroatoms. The van der Waals surface area contributed by atoms with E-state index in [-0.39, 0.29) is 6.61 Å². The Kier molecular flexibility index (Phi) is 6.65. The molecule has 0 bridgehead atoms. The van der Waals surface area contributed by atoms with E-state index >= 15 is 0 Å². The van der Waals surface area contributed by atoms with E-state index in [1.54, 1.807) is 0 Å². The van der Waals surface area contributed by atoms with Crippen molar-refractivity contribution in [3.63, 3.8) is 0 Å². The van der Waals surface area contributed by atoms with E-state index in [1.807, 2.05) is 21.1 Å². The van der Waals surface area contributed by atoms with Gasteiger partial charge >= 0.3 is 7.82 Å². The lowest BCUT2D eigenvalue weighted by atomic mass is 10.4. The summed E-state index contributed by atoms with van der Waals surface area (Å²) in [5.41, 5.74) is 0. The van der Waals surface area contributed by atoms with Gasteiger partial charge in [0.25, 0.3) is 0 Å². The number of phosphoric acid groups is 1. The first kappa shape index (κ1) is 16.0. The van der Waals surface area contributed by atoms with Crippen LogP contribution < -0.4 is 0 Å². The van der Waals surface area contributed by atoms with Gasteiger partial charge in [-0.2, -0.15) is 0 Å². The summed E-state index contributed by atoms with van der Waals surface area (Å²) in [5, 5.41) is 17.4. The standard InChI is InChI=1S/C8H20NO6P/c1-9(2,3)4-5-14-16(12,13)15-7-8(11)6-10/h8,10-11H,4-7H2,1-3H3/p+1/i1+0,2+0,3+0,9+0,10+1,11+1,12+1,13+1,14+1,15+1,16+0. The molecule has 0 aliphatic carbocycles. The molecule has 2 unspecified atom stereocenters. The Hall–Kier alpha value is -0.0100. The average molecular weight is 264 g/mol. The Morgan fingerprint density at radius 3 is 2.31 bits per heavy atom. The lowest BCUT2D eigenvalue weighted by molar-refractivity contribution is -0.870. The van der Waals surface area contributed by atoms with Crippen LogP contribution in [0.15, 0.2) is 0 Å². The van der Waals surface area contributed by atoms with Crippen LogP contribution in [-0.4, -0.2) is 73.2 Å². The van der Waals surface area contributed by atoms with Gasteiger partial charge in [0.2, 0.25) is 0 Å². The minimum absolute atomic E-state index is 0.0759. The van der Waals surface area contributed by atoms with E-state index in [1.165, 1.54) is 0 Å². The van der Waals surface area contributed by atoms with E-state index in [4.69, 9.17) is 15.1 Å². The average Bonchev–Trinajstić information content (AvgIpc) is 2.12. The number of quaternary nitrogens is 1. The SMILES string of the molecule is [12CH3][14N+]([12CH3])([12CH3])CC[17O][31P](=[17O])([17OH])[17O]CC([17OH])C[17OH]. The van der Waals surface area contributed by atoms with Crippen molar-refractivity contribution in [2.45, 2.75) is 6.10 Å². The first-order valence-electron chi connectivity index (χ1n) is 4.87. The second kappa shape index (κ2) is 6.66. The van der Waals surface area contributed by atoms with Crippen LogP contribution in [-0.2, 0) is 13.6 Å². The summed E-state index contributed by atoms with van der Waals surface area (Å²) in [7, 11) is 1.63. The highest BCUT2D eigenvalue weighted by Gasteiger charge is 2.23. The Bertz CT molecular complexity index is 241. The van der Waals surface area contributed by atoms with E-state index < -0.39 is 27.1 Å². The van der Waals surface area contributed by atoms with Crippen molar-refractivity contribution >= 4 is 7.82 Å². The molecule has 0 heterocycles. The Morgan fingerprint density at radius 1 is 1.31 bits per heavy atom. The number of likely N-dealkylation sites (N-methyl/N-ethyl adjacent to an activating group) is 1. The van der Waals surface area contributed by atoms with Crippen LogP contribution in [0.3, 0.4) is 0 Å². The normalized spacial score (nSPS) is 18.1. The third-order valence-electron chi connectivity index (χ3n) is 1.66. The number of aliphatic hydroxyl groups is 2. The molecule has 0 amide bonds. The molecule has 0 radical (unpaired) electrons. The molecule has 0 aromatic rings. The number of phosphoric ester groups is 1. The summed E-state index contributed by atoms with van der Waals surface area (Å²) in [6.45, 7) is -0.337. The highest BCUT2D eigenvalue weighted by Crippen LogP contribution is 2.42. The molecular weight excluding hydrogens is 243 g/mol. The highest BCUT2D eigenvalue weighted by molar-refractivity contribution is 7.47. The highest BCUT2D eigenvalue weighted by atomic mass is 31.2. The molecule has 98 valence electrons. The molecule has 0 fully saturated rings. The van der Waals surface area contributed by atoms with Gasteiger partial charge in [-0.05, 0) is 0 Å².